The predicted octanol–water partition coefficient (Wildman–Crippen LogP) is 5.75. The number of nitrogens with one attached hydrogen (secondary N) is 1. The summed E-state index contributed by atoms with van der Waals surface area (Å²) >= 11 is 0. The second kappa shape index (κ2) is 8.91. The first-order chi connectivity index (χ1) is 14.2. The van der Waals surface area contributed by atoms with Crippen molar-refractivity contribution in [3.05, 3.63) is 83.2 Å². The Balaban J connectivity index is 1.58. The number of carbonyl (C=O) groups excluding carboxylic acids is 1. The summed E-state index contributed by atoms with van der Waals surface area (Å²) in [6, 6.07) is 17.2. The molecule has 3 rings (SSSR count). The normalized spacial score (nSPS) is 11.5. The minimum atomic E-state index is -0.423. The van der Waals surface area contributed by atoms with Gasteiger partial charge in [-0.2, -0.15) is 0 Å². The molecule has 0 spiro atoms. The Labute approximate surface area is 177 Å². The molecule has 0 aliphatic rings. The molecule has 0 aliphatic heterocycles. The Morgan fingerprint density at radius 1 is 0.933 bits per heavy atom. The van der Waals surface area contributed by atoms with Crippen LogP contribution in [0.4, 0.5) is 11.6 Å². The second-order valence-electron chi connectivity index (χ2n) is 8.25. The third kappa shape index (κ3) is 6.01. The summed E-state index contributed by atoms with van der Waals surface area (Å²) < 4.78 is 5.37. The predicted molar refractivity (Wildman–Crippen MR) is 121 cm³/mol. The van der Waals surface area contributed by atoms with E-state index in [9.17, 15) is 4.79 Å². The second-order valence-corrected chi connectivity index (χ2v) is 8.25. The zero-order valence-corrected chi connectivity index (χ0v) is 18.1. The first-order valence-electron chi connectivity index (χ1n) is 9.89. The van der Waals surface area contributed by atoms with E-state index in [-0.39, 0.29) is 5.41 Å². The van der Waals surface area contributed by atoms with Gasteiger partial charge in [-0.25, -0.2) is 14.8 Å². The maximum Gasteiger partial charge on any atom is 0.336 e. The molecule has 0 atom stereocenters. The zero-order chi connectivity index (χ0) is 21.7. The lowest BCUT2D eigenvalue weighted by Crippen LogP contribution is -2.10. The van der Waals surface area contributed by atoms with Crippen molar-refractivity contribution in [2.45, 2.75) is 40.0 Å². The smallest absolute Gasteiger partial charge is 0.336 e. The van der Waals surface area contributed by atoms with E-state index in [0.29, 0.717) is 11.7 Å². The highest BCUT2D eigenvalue weighted by Gasteiger charge is 2.12. The molecule has 0 unspecified atom stereocenters. The summed E-state index contributed by atoms with van der Waals surface area (Å²) in [6.45, 7) is 10.4. The van der Waals surface area contributed by atoms with Crippen LogP contribution in [-0.2, 0) is 10.2 Å². The van der Waals surface area contributed by atoms with Crippen LogP contribution in [0.5, 0.6) is 5.75 Å². The Morgan fingerprint density at radius 2 is 1.53 bits per heavy atom. The fraction of sp³-hybridized carbons (Fsp3) is 0.240. The molecule has 5 nitrogen and oxygen atoms in total. The molecule has 3 aromatic rings. The van der Waals surface area contributed by atoms with Gasteiger partial charge in [-0.05, 0) is 66.8 Å². The summed E-state index contributed by atoms with van der Waals surface area (Å²) in [4.78, 5) is 20.8. The molecule has 2 aromatic carbocycles. The van der Waals surface area contributed by atoms with E-state index in [1.807, 2.05) is 44.2 Å². The third-order valence-electron chi connectivity index (χ3n) is 4.50. The van der Waals surface area contributed by atoms with E-state index < -0.39 is 5.97 Å². The summed E-state index contributed by atoms with van der Waals surface area (Å²) in [6.07, 6.45) is 3.18. The van der Waals surface area contributed by atoms with Gasteiger partial charge in [0.05, 0.1) is 0 Å². The van der Waals surface area contributed by atoms with E-state index >= 15 is 0 Å². The van der Waals surface area contributed by atoms with Crippen molar-refractivity contribution in [1.29, 1.82) is 0 Å². The molecule has 1 N–H and O–H groups in total. The highest BCUT2D eigenvalue weighted by molar-refractivity contribution is 5.88. The number of benzene rings is 2. The highest BCUT2D eigenvalue weighted by Crippen LogP contribution is 2.23. The number of carbonyl (C=O) groups is 1. The molecule has 154 valence electrons. The van der Waals surface area contributed by atoms with E-state index in [2.05, 4.69) is 48.2 Å². The average Bonchev–Trinajstić information content (AvgIpc) is 2.67. The van der Waals surface area contributed by atoms with Crippen LogP contribution in [0, 0.1) is 13.8 Å². The van der Waals surface area contributed by atoms with Crippen molar-refractivity contribution in [3.63, 3.8) is 0 Å². The quantitative estimate of drug-likeness (QED) is 0.335. The Kier molecular flexibility index (Phi) is 6.31. The number of ether oxygens (including phenoxy) is 1. The van der Waals surface area contributed by atoms with Gasteiger partial charge in [-0.15, -0.1) is 0 Å². The molecule has 0 amide bonds. The summed E-state index contributed by atoms with van der Waals surface area (Å²) in [7, 11) is 0. The molecule has 0 aliphatic carbocycles. The van der Waals surface area contributed by atoms with Gasteiger partial charge in [-0.1, -0.05) is 45.0 Å². The van der Waals surface area contributed by atoms with E-state index in [1.54, 1.807) is 18.2 Å². The fourth-order valence-corrected chi connectivity index (χ4v) is 2.93. The fourth-order valence-electron chi connectivity index (χ4n) is 2.93. The van der Waals surface area contributed by atoms with Crippen molar-refractivity contribution >= 4 is 23.7 Å². The molecule has 0 saturated carbocycles. The zero-order valence-electron chi connectivity index (χ0n) is 18.1. The number of hydrogen-bond acceptors (Lipinski definition) is 5. The Bertz CT molecular complexity index is 1030. The number of esters is 1. The molecule has 0 radical (unpaired) electrons. The van der Waals surface area contributed by atoms with Gasteiger partial charge >= 0.3 is 5.97 Å². The van der Waals surface area contributed by atoms with Gasteiger partial charge in [-0.3, -0.25) is 0 Å². The van der Waals surface area contributed by atoms with Crippen molar-refractivity contribution in [2.24, 2.45) is 0 Å². The molecule has 1 heterocycles. The molecule has 1 aromatic heterocycles. The molecule has 5 heteroatoms. The van der Waals surface area contributed by atoms with Crippen LogP contribution >= 0.6 is 0 Å². The van der Waals surface area contributed by atoms with Crippen molar-refractivity contribution in [2.75, 3.05) is 5.32 Å². The van der Waals surface area contributed by atoms with Gasteiger partial charge in [0.15, 0.2) is 0 Å². The maximum atomic E-state index is 12.1. The summed E-state index contributed by atoms with van der Waals surface area (Å²) in [5.41, 5.74) is 4.92. The monoisotopic (exact) mass is 401 g/mol. The first kappa shape index (κ1) is 21.2. The number of anilines is 2. The van der Waals surface area contributed by atoms with Gasteiger partial charge < -0.3 is 10.1 Å². The molecule has 0 saturated heterocycles. The number of aryl methyl sites for hydroxylation is 2. The summed E-state index contributed by atoms with van der Waals surface area (Å²) in [5.74, 6) is 0.588. The Hall–Kier alpha value is -3.47. The van der Waals surface area contributed by atoms with Crippen molar-refractivity contribution in [3.8, 4) is 5.75 Å². The lowest BCUT2D eigenvalue weighted by molar-refractivity contribution is -0.128. The van der Waals surface area contributed by atoms with Gasteiger partial charge in [0.1, 0.15) is 5.75 Å². The number of nitrogens with zero attached hydrogens (tertiary/aromatic N) is 2. The van der Waals surface area contributed by atoms with Crippen LogP contribution in [0.1, 0.15) is 43.3 Å². The van der Waals surface area contributed by atoms with E-state index in [4.69, 9.17) is 4.74 Å². The van der Waals surface area contributed by atoms with Gasteiger partial charge in [0.2, 0.25) is 5.95 Å². The molecular weight excluding hydrogens is 374 g/mol. The van der Waals surface area contributed by atoms with Crippen LogP contribution in [-0.4, -0.2) is 15.9 Å². The van der Waals surface area contributed by atoms with Crippen LogP contribution in [0.15, 0.2) is 60.7 Å². The summed E-state index contributed by atoms with van der Waals surface area (Å²) in [5, 5.41) is 3.15. The van der Waals surface area contributed by atoms with E-state index in [1.165, 1.54) is 11.6 Å². The minimum Gasteiger partial charge on any atom is -0.423 e. The van der Waals surface area contributed by atoms with Crippen LogP contribution < -0.4 is 10.1 Å². The number of rotatable bonds is 5. The van der Waals surface area contributed by atoms with Crippen molar-refractivity contribution in [1.82, 2.24) is 9.97 Å². The maximum absolute atomic E-state index is 12.1. The van der Waals surface area contributed by atoms with Crippen molar-refractivity contribution < 1.29 is 9.53 Å². The minimum absolute atomic E-state index is 0.104. The van der Waals surface area contributed by atoms with Crippen LogP contribution in [0.3, 0.4) is 0 Å². The number of aromatic nitrogens is 2. The highest BCUT2D eigenvalue weighted by atomic mass is 16.5. The largest absolute Gasteiger partial charge is 0.423 e. The topological polar surface area (TPSA) is 64.1 Å². The lowest BCUT2D eigenvalue weighted by Gasteiger charge is -2.18. The molecule has 0 bridgehead atoms. The standard InChI is InChI=1S/C25H27N3O2/c1-17-16-18(2)27-24(26-17)28-21-11-13-22(14-12-21)30-23(29)15-8-19-6-9-20(10-7-19)25(3,4)5/h6-16H,1-5H3,(H,26,27,28)/b15-8+. The first-order valence-corrected chi connectivity index (χ1v) is 9.89. The van der Waals surface area contributed by atoms with Crippen LogP contribution in [0.25, 0.3) is 6.08 Å². The molecule has 0 fully saturated rings. The van der Waals surface area contributed by atoms with E-state index in [0.717, 1.165) is 22.6 Å². The van der Waals surface area contributed by atoms with Gasteiger partial charge in [0.25, 0.3) is 0 Å². The SMILES string of the molecule is Cc1cc(C)nc(Nc2ccc(OC(=O)/C=C/c3ccc(C(C)(C)C)cc3)cc2)n1. The number of hydrogen-bond donors (Lipinski definition) is 1. The molecule has 30 heavy (non-hydrogen) atoms. The van der Waals surface area contributed by atoms with Crippen LogP contribution in [0.2, 0.25) is 0 Å². The Morgan fingerprint density at radius 3 is 2.10 bits per heavy atom. The third-order valence-corrected chi connectivity index (χ3v) is 4.50. The van der Waals surface area contributed by atoms with Gasteiger partial charge in [0, 0.05) is 23.2 Å². The molecular formula is C25H27N3O2. The average molecular weight is 402 g/mol. The lowest BCUT2D eigenvalue weighted by atomic mass is 9.87.